The smallest absolute Gasteiger partial charge is 0.236 e. The summed E-state index contributed by atoms with van der Waals surface area (Å²) in [5.41, 5.74) is 0.323. The van der Waals surface area contributed by atoms with Crippen LogP contribution in [0.4, 0.5) is 5.88 Å². The number of oxazole rings is 1. The number of nitriles is 1. The lowest BCUT2D eigenvalue weighted by Crippen LogP contribution is -2.51. The Kier molecular flexibility index (Phi) is 6.62. The molecule has 1 saturated heterocycles. The van der Waals surface area contributed by atoms with Crippen molar-refractivity contribution in [3.05, 3.63) is 11.6 Å². The topological polar surface area (TPSA) is 76.6 Å². The number of carbonyl (C=O) groups excluding carboxylic acids is 1. The highest BCUT2D eigenvalue weighted by Gasteiger charge is 2.26. The van der Waals surface area contributed by atoms with Gasteiger partial charge in [-0.1, -0.05) is 13.8 Å². The van der Waals surface area contributed by atoms with Crippen LogP contribution in [0, 0.1) is 18.3 Å². The van der Waals surface area contributed by atoms with Crippen LogP contribution in [0.2, 0.25) is 0 Å². The van der Waals surface area contributed by atoms with Gasteiger partial charge in [-0.15, -0.1) is 0 Å². The lowest BCUT2D eigenvalue weighted by Gasteiger charge is -2.35. The van der Waals surface area contributed by atoms with E-state index in [1.807, 2.05) is 9.80 Å². The zero-order chi connectivity index (χ0) is 17.5. The van der Waals surface area contributed by atoms with Crippen LogP contribution in [-0.2, 0) is 4.79 Å². The van der Waals surface area contributed by atoms with Gasteiger partial charge < -0.3 is 14.2 Å². The fraction of sp³-hybridized carbons (Fsp3) is 0.706. The number of aromatic nitrogens is 1. The van der Waals surface area contributed by atoms with E-state index in [1.165, 1.54) is 0 Å². The molecule has 0 atom stereocenters. The third-order valence-electron chi connectivity index (χ3n) is 4.18. The molecule has 0 unspecified atom stereocenters. The molecule has 2 heterocycles. The van der Waals surface area contributed by atoms with Gasteiger partial charge in [0.15, 0.2) is 5.89 Å². The average molecular weight is 333 g/mol. The second kappa shape index (κ2) is 8.69. The van der Waals surface area contributed by atoms with Gasteiger partial charge in [-0.25, -0.2) is 4.98 Å². The van der Waals surface area contributed by atoms with Crippen molar-refractivity contribution >= 4 is 11.8 Å². The van der Waals surface area contributed by atoms with Gasteiger partial charge in [0.05, 0.1) is 6.54 Å². The summed E-state index contributed by atoms with van der Waals surface area (Å²) in [6, 6.07) is 2.07. The standard InChI is InChI=1S/C17H27N5O2/c1-4-6-20(7-5-2)13-16(23)21-8-10-22(11-9-21)17-15(12-18)19-14(3)24-17/h4-11,13H2,1-3H3. The Bertz CT molecular complexity index is 578. The first-order chi connectivity index (χ1) is 11.6. The van der Waals surface area contributed by atoms with Crippen LogP contribution >= 0.6 is 0 Å². The summed E-state index contributed by atoms with van der Waals surface area (Å²) in [6.07, 6.45) is 2.12. The van der Waals surface area contributed by atoms with E-state index in [9.17, 15) is 4.79 Å². The van der Waals surface area contributed by atoms with E-state index in [2.05, 4.69) is 29.8 Å². The molecular formula is C17H27N5O2. The van der Waals surface area contributed by atoms with Crippen LogP contribution in [0.3, 0.4) is 0 Å². The first-order valence-corrected chi connectivity index (χ1v) is 8.71. The summed E-state index contributed by atoms with van der Waals surface area (Å²) in [4.78, 5) is 22.7. The zero-order valence-corrected chi connectivity index (χ0v) is 14.9. The normalized spacial score (nSPS) is 15.0. The van der Waals surface area contributed by atoms with Gasteiger partial charge in [-0.05, 0) is 25.9 Å². The number of piperazine rings is 1. The van der Waals surface area contributed by atoms with Gasteiger partial charge in [0.2, 0.25) is 17.5 Å². The van der Waals surface area contributed by atoms with Gasteiger partial charge >= 0.3 is 0 Å². The Morgan fingerprint density at radius 3 is 2.42 bits per heavy atom. The molecule has 1 aromatic heterocycles. The average Bonchev–Trinajstić information content (AvgIpc) is 2.96. The third-order valence-corrected chi connectivity index (χ3v) is 4.18. The van der Waals surface area contributed by atoms with Crippen LogP contribution < -0.4 is 4.90 Å². The van der Waals surface area contributed by atoms with Crippen molar-refractivity contribution in [1.29, 1.82) is 5.26 Å². The quantitative estimate of drug-likeness (QED) is 0.755. The Labute approximate surface area is 143 Å². The molecule has 0 aliphatic carbocycles. The van der Waals surface area contributed by atoms with Crippen molar-refractivity contribution in [3.63, 3.8) is 0 Å². The molecule has 24 heavy (non-hydrogen) atoms. The number of hydrogen-bond donors (Lipinski definition) is 0. The summed E-state index contributed by atoms with van der Waals surface area (Å²) in [5, 5.41) is 9.13. The predicted molar refractivity (Wildman–Crippen MR) is 91.8 cm³/mol. The van der Waals surface area contributed by atoms with Crippen LogP contribution in [0.5, 0.6) is 0 Å². The number of amides is 1. The summed E-state index contributed by atoms with van der Waals surface area (Å²) in [6.45, 7) is 11.0. The maximum Gasteiger partial charge on any atom is 0.236 e. The van der Waals surface area contributed by atoms with Crippen molar-refractivity contribution in [2.45, 2.75) is 33.6 Å². The van der Waals surface area contributed by atoms with E-state index >= 15 is 0 Å². The van der Waals surface area contributed by atoms with Gasteiger partial charge in [-0.3, -0.25) is 9.69 Å². The Morgan fingerprint density at radius 2 is 1.88 bits per heavy atom. The summed E-state index contributed by atoms with van der Waals surface area (Å²) in [7, 11) is 0. The number of rotatable bonds is 7. The fourth-order valence-electron chi connectivity index (χ4n) is 3.06. The van der Waals surface area contributed by atoms with Crippen LogP contribution in [0.25, 0.3) is 0 Å². The molecule has 1 aromatic rings. The summed E-state index contributed by atoms with van der Waals surface area (Å²) >= 11 is 0. The van der Waals surface area contributed by atoms with Crippen molar-refractivity contribution in [2.75, 3.05) is 50.7 Å². The number of aryl methyl sites for hydroxylation is 1. The lowest BCUT2D eigenvalue weighted by molar-refractivity contribution is -0.132. The highest BCUT2D eigenvalue weighted by atomic mass is 16.4. The minimum atomic E-state index is 0.186. The van der Waals surface area contributed by atoms with Gasteiger partial charge in [0.1, 0.15) is 6.07 Å². The molecule has 7 heteroatoms. The van der Waals surface area contributed by atoms with Crippen molar-refractivity contribution in [2.24, 2.45) is 0 Å². The molecule has 1 amide bonds. The van der Waals surface area contributed by atoms with Crippen molar-refractivity contribution < 1.29 is 9.21 Å². The molecule has 1 fully saturated rings. The SMILES string of the molecule is CCCN(CCC)CC(=O)N1CCN(c2oc(C)nc2C#N)CC1. The Hall–Kier alpha value is -2.07. The molecular weight excluding hydrogens is 306 g/mol. The van der Waals surface area contributed by atoms with E-state index in [0.717, 1.165) is 25.9 Å². The maximum absolute atomic E-state index is 12.5. The largest absolute Gasteiger partial charge is 0.424 e. The van der Waals surface area contributed by atoms with E-state index in [4.69, 9.17) is 9.68 Å². The molecule has 1 aliphatic heterocycles. The van der Waals surface area contributed by atoms with Crippen LogP contribution in [0.15, 0.2) is 4.42 Å². The molecule has 0 radical (unpaired) electrons. The molecule has 132 valence electrons. The number of anilines is 1. The van der Waals surface area contributed by atoms with Crippen molar-refractivity contribution in [3.8, 4) is 6.07 Å². The third kappa shape index (κ3) is 4.48. The number of carbonyl (C=O) groups is 1. The molecule has 0 bridgehead atoms. The molecule has 2 rings (SSSR count). The van der Waals surface area contributed by atoms with Gasteiger partial charge in [-0.2, -0.15) is 5.26 Å². The second-order valence-electron chi connectivity index (χ2n) is 6.14. The fourth-order valence-corrected chi connectivity index (χ4v) is 3.06. The van der Waals surface area contributed by atoms with Gasteiger partial charge in [0.25, 0.3) is 0 Å². The molecule has 0 aromatic carbocycles. The highest BCUT2D eigenvalue weighted by Crippen LogP contribution is 2.22. The van der Waals surface area contributed by atoms with Gasteiger partial charge in [0, 0.05) is 33.1 Å². The maximum atomic E-state index is 12.5. The minimum Gasteiger partial charge on any atom is -0.424 e. The van der Waals surface area contributed by atoms with Crippen LogP contribution in [-0.4, -0.2) is 66.5 Å². The van der Waals surface area contributed by atoms with E-state index in [0.29, 0.717) is 50.2 Å². The first-order valence-electron chi connectivity index (χ1n) is 8.71. The summed E-state index contributed by atoms with van der Waals surface area (Å²) in [5.74, 6) is 1.21. The minimum absolute atomic E-state index is 0.186. The van der Waals surface area contributed by atoms with Crippen molar-refractivity contribution in [1.82, 2.24) is 14.8 Å². The molecule has 0 spiro atoms. The molecule has 7 nitrogen and oxygen atoms in total. The number of hydrogen-bond acceptors (Lipinski definition) is 6. The predicted octanol–water partition coefficient (Wildman–Crippen LogP) is 1.63. The van der Waals surface area contributed by atoms with Crippen LogP contribution in [0.1, 0.15) is 38.3 Å². The zero-order valence-electron chi connectivity index (χ0n) is 14.9. The van der Waals surface area contributed by atoms with E-state index < -0.39 is 0 Å². The Morgan fingerprint density at radius 1 is 1.25 bits per heavy atom. The molecule has 1 aliphatic rings. The Balaban J connectivity index is 1.90. The van der Waals surface area contributed by atoms with E-state index in [1.54, 1.807) is 6.92 Å². The first kappa shape index (κ1) is 18.3. The monoisotopic (exact) mass is 333 g/mol. The summed E-state index contributed by atoms with van der Waals surface area (Å²) < 4.78 is 5.55. The highest BCUT2D eigenvalue weighted by molar-refractivity contribution is 5.78. The van der Waals surface area contributed by atoms with E-state index in [-0.39, 0.29) is 5.91 Å². The molecule has 0 saturated carbocycles. The number of nitrogens with zero attached hydrogens (tertiary/aromatic N) is 5. The second-order valence-corrected chi connectivity index (χ2v) is 6.14. The molecule has 0 N–H and O–H groups in total. The lowest BCUT2D eigenvalue weighted by atomic mass is 10.2.